The van der Waals surface area contributed by atoms with Gasteiger partial charge in [0.1, 0.15) is 6.61 Å². The Morgan fingerprint density at radius 3 is 1.82 bits per heavy atom. The van der Waals surface area contributed by atoms with Gasteiger partial charge in [0.15, 0.2) is 0 Å². The third-order valence-electron chi connectivity index (χ3n) is 7.42. The van der Waals surface area contributed by atoms with Crippen LogP contribution in [0.5, 0.6) is 0 Å². The molecule has 234 valence electrons. The van der Waals surface area contributed by atoms with Crippen LogP contribution in [0.1, 0.15) is 73.3 Å². The van der Waals surface area contributed by atoms with Crippen molar-refractivity contribution >= 4 is 43.3 Å². The van der Waals surface area contributed by atoms with Crippen molar-refractivity contribution in [2.45, 2.75) is 97.5 Å². The van der Waals surface area contributed by atoms with Gasteiger partial charge in [-0.1, -0.05) is 44.2 Å². The second-order valence-electron chi connectivity index (χ2n) is 13.3. The zero-order valence-electron chi connectivity index (χ0n) is 26.7. The van der Waals surface area contributed by atoms with Gasteiger partial charge < -0.3 is 30.9 Å². The second kappa shape index (κ2) is 19.3. The van der Waals surface area contributed by atoms with E-state index < -0.39 is 0 Å². The first kappa shape index (κ1) is 45.2. The predicted octanol–water partition coefficient (Wildman–Crippen LogP) is 5.86. The van der Waals surface area contributed by atoms with Crippen molar-refractivity contribution in [1.82, 2.24) is 10.2 Å². The van der Waals surface area contributed by atoms with Crippen LogP contribution < -0.4 is 16.8 Å². The Bertz CT molecular complexity index is 762. The topological polar surface area (TPSA) is 93.6 Å². The van der Waals surface area contributed by atoms with Crippen LogP contribution in [0.15, 0.2) is 30.3 Å². The summed E-state index contributed by atoms with van der Waals surface area (Å²) in [5.41, 5.74) is 12.2. The Kier molecular flexibility index (Phi) is 22.4. The molecule has 5 N–H and O–H groups in total. The summed E-state index contributed by atoms with van der Waals surface area (Å²) in [6, 6.07) is 10.4. The summed E-state index contributed by atoms with van der Waals surface area (Å²) in [5.74, 6) is 0. The first-order chi connectivity index (χ1) is 16.2. The molecule has 0 aliphatic rings. The number of benzene rings is 1. The van der Waals surface area contributed by atoms with Gasteiger partial charge >= 0.3 is 6.09 Å². The summed E-state index contributed by atoms with van der Waals surface area (Å²) >= 11 is 0. The molecule has 39 heavy (non-hydrogen) atoms. The lowest BCUT2D eigenvalue weighted by molar-refractivity contribution is -0.870. The molecule has 0 saturated heterocycles. The molecule has 0 aromatic heterocycles. The molecule has 1 amide bonds. The number of quaternary nitrogens is 1. The molecule has 2 unspecified atom stereocenters. The molecule has 1 aromatic rings. The summed E-state index contributed by atoms with van der Waals surface area (Å²) in [5, 5.41) is 3.01. The van der Waals surface area contributed by atoms with Crippen LogP contribution in [0, 0.1) is 5.41 Å². The number of amides is 1. The molecule has 1 aromatic carbocycles. The molecule has 0 aliphatic carbocycles. The van der Waals surface area contributed by atoms with Crippen molar-refractivity contribution in [1.29, 1.82) is 0 Å². The van der Waals surface area contributed by atoms with E-state index in [0.29, 0.717) is 12.6 Å². The van der Waals surface area contributed by atoms with Crippen molar-refractivity contribution in [3.8, 4) is 0 Å². The number of rotatable bonds is 12. The molecule has 0 bridgehead atoms. The fraction of sp³-hybridized carbons (Fsp3) is 0.759. The van der Waals surface area contributed by atoms with Gasteiger partial charge in [0, 0.05) is 29.6 Å². The highest BCUT2D eigenvalue weighted by atomic mass is 35.5. The van der Waals surface area contributed by atoms with Crippen molar-refractivity contribution in [3.05, 3.63) is 35.9 Å². The van der Waals surface area contributed by atoms with Gasteiger partial charge in [-0.2, -0.15) is 0 Å². The molecule has 2 atom stereocenters. The van der Waals surface area contributed by atoms with E-state index in [1.54, 1.807) is 0 Å². The largest absolute Gasteiger partial charge is 0.445 e. The average Bonchev–Trinajstić information content (AvgIpc) is 2.71. The molecule has 0 heterocycles. The Morgan fingerprint density at radius 2 is 1.46 bits per heavy atom. The molecule has 0 radical (unpaired) electrons. The molecular weight excluding hydrogens is 557 g/mol. The van der Waals surface area contributed by atoms with Crippen molar-refractivity contribution < 1.29 is 14.0 Å². The van der Waals surface area contributed by atoms with Crippen LogP contribution in [-0.4, -0.2) is 80.4 Å². The lowest BCUT2D eigenvalue weighted by atomic mass is 9.71. The minimum Gasteiger partial charge on any atom is -0.445 e. The number of hydrogen-bond acceptors (Lipinski definition) is 5. The molecule has 7 nitrogen and oxygen atoms in total. The maximum Gasteiger partial charge on any atom is 0.407 e. The maximum atomic E-state index is 12.1. The number of ether oxygens (including phenoxy) is 1. The van der Waals surface area contributed by atoms with E-state index in [0.717, 1.165) is 35.9 Å². The number of alkyl carbamates (subject to hydrolysis) is 1. The lowest BCUT2D eigenvalue weighted by Crippen LogP contribution is -2.55. The fourth-order valence-electron chi connectivity index (χ4n) is 3.41. The van der Waals surface area contributed by atoms with Gasteiger partial charge in [-0.25, -0.2) is 4.79 Å². The number of halogens is 3. The fourth-order valence-corrected chi connectivity index (χ4v) is 3.41. The Hall–Kier alpha value is -0.800. The van der Waals surface area contributed by atoms with E-state index in [-0.39, 0.29) is 65.8 Å². The van der Waals surface area contributed by atoms with Crippen molar-refractivity contribution in [2.24, 2.45) is 16.9 Å². The Balaban J connectivity index is -0.000000404. The van der Waals surface area contributed by atoms with Gasteiger partial charge in [-0.05, 0) is 72.5 Å². The highest BCUT2D eigenvalue weighted by Gasteiger charge is 2.36. The molecule has 0 spiro atoms. The van der Waals surface area contributed by atoms with E-state index in [1.165, 1.54) is 0 Å². The van der Waals surface area contributed by atoms with E-state index in [9.17, 15) is 4.79 Å². The third kappa shape index (κ3) is 19.8. The lowest BCUT2D eigenvalue weighted by Gasteiger charge is -2.41. The van der Waals surface area contributed by atoms with Crippen molar-refractivity contribution in [3.63, 3.8) is 0 Å². The zero-order valence-corrected chi connectivity index (χ0v) is 29.1. The number of nitrogens with two attached hydrogens (primary N) is 2. The molecule has 0 aliphatic heterocycles. The van der Waals surface area contributed by atoms with Crippen molar-refractivity contribution in [2.75, 3.05) is 41.8 Å². The highest BCUT2D eigenvalue weighted by molar-refractivity contribution is 5.86. The number of hydrogen-bond donors (Lipinski definition) is 3. The summed E-state index contributed by atoms with van der Waals surface area (Å²) in [6.45, 7) is 15.8. The Labute approximate surface area is 259 Å². The smallest absolute Gasteiger partial charge is 0.407 e. The van der Waals surface area contributed by atoms with E-state index in [4.69, 9.17) is 16.2 Å². The number of carbonyl (C=O) groups is 1. The SMILES string of the molecule is CC(N)C(C)(C)C(C)(C)N.CN(C)C(CCC(C)(C)NC(=O)OCc1ccccc1)CC[N+](C)(C)C.Cl.Cl.Cl. The number of nitrogens with one attached hydrogen (secondary N) is 1. The van der Waals surface area contributed by atoms with Crippen LogP contribution >= 0.6 is 37.2 Å². The van der Waals surface area contributed by atoms with Crippen LogP contribution in [0.3, 0.4) is 0 Å². The van der Waals surface area contributed by atoms with Gasteiger partial charge in [-0.3, -0.25) is 0 Å². The van der Waals surface area contributed by atoms with Gasteiger partial charge in [0.05, 0.1) is 27.7 Å². The standard InChI is InChI=1S/C21H37N3O2.C8H20N2.3ClH/c1-21(2,15-13-19(23(3)4)14-16-24(5,6)7)22-20(25)26-17-18-11-9-8-10-12-18;1-6(9)7(2,3)8(4,5)10;;;/h8-12,19H,13-17H2,1-7H3;6H,9-10H2,1-5H3;3*1H/p+1. The highest BCUT2D eigenvalue weighted by Crippen LogP contribution is 2.30. The maximum absolute atomic E-state index is 12.1. The molecule has 0 saturated carbocycles. The minimum absolute atomic E-state index is 0. The van der Waals surface area contributed by atoms with E-state index >= 15 is 0 Å². The number of carbonyl (C=O) groups excluding carboxylic acids is 1. The van der Waals surface area contributed by atoms with Gasteiger partial charge in [0.25, 0.3) is 0 Å². The minimum atomic E-state index is -0.355. The zero-order chi connectivity index (χ0) is 28.4. The quantitative estimate of drug-likeness (QED) is 0.256. The summed E-state index contributed by atoms with van der Waals surface area (Å²) in [6.07, 6.45) is 2.74. The summed E-state index contributed by atoms with van der Waals surface area (Å²) in [4.78, 5) is 14.4. The summed E-state index contributed by atoms with van der Waals surface area (Å²) in [7, 11) is 10.9. The third-order valence-corrected chi connectivity index (χ3v) is 7.42. The second-order valence-corrected chi connectivity index (χ2v) is 13.3. The van der Waals surface area contributed by atoms with E-state index in [2.05, 4.69) is 73.2 Å². The number of nitrogens with zero attached hydrogens (tertiary/aromatic N) is 2. The average molecular weight is 618 g/mol. The molecule has 1 rings (SSSR count). The predicted molar refractivity (Wildman–Crippen MR) is 176 cm³/mol. The Morgan fingerprint density at radius 1 is 0.974 bits per heavy atom. The summed E-state index contributed by atoms with van der Waals surface area (Å²) < 4.78 is 6.32. The van der Waals surface area contributed by atoms with E-state index in [1.807, 2.05) is 51.1 Å². The molecule has 0 fully saturated rings. The van der Waals surface area contributed by atoms with Crippen LogP contribution in [0.4, 0.5) is 4.79 Å². The first-order valence-electron chi connectivity index (χ1n) is 13.2. The van der Waals surface area contributed by atoms with Crippen LogP contribution in [-0.2, 0) is 11.3 Å². The van der Waals surface area contributed by atoms with Gasteiger partial charge in [-0.15, -0.1) is 37.2 Å². The molecule has 10 heteroatoms. The first-order valence-corrected chi connectivity index (χ1v) is 13.2. The monoisotopic (exact) mass is 616 g/mol. The molecular formula is C29H61Cl3N5O2+. The van der Waals surface area contributed by atoms with Crippen LogP contribution in [0.2, 0.25) is 0 Å². The van der Waals surface area contributed by atoms with Crippen LogP contribution in [0.25, 0.3) is 0 Å². The normalized spacial score (nSPS) is 13.4. The van der Waals surface area contributed by atoms with Gasteiger partial charge in [0.2, 0.25) is 0 Å².